The molecule has 0 atom stereocenters. The molecule has 0 bridgehead atoms. The van der Waals surface area contributed by atoms with Crippen molar-refractivity contribution in [2.75, 3.05) is 12.3 Å². The van der Waals surface area contributed by atoms with E-state index >= 15 is 0 Å². The largest absolute Gasteiger partial charge is 0.399 e. The van der Waals surface area contributed by atoms with Crippen LogP contribution in [0.2, 0.25) is 0 Å². The van der Waals surface area contributed by atoms with Gasteiger partial charge in [0.2, 0.25) is 0 Å². The first kappa shape index (κ1) is 9.99. The molecule has 0 radical (unpaired) electrons. The smallest absolute Gasteiger partial charge is 0.0888 e. The highest BCUT2D eigenvalue weighted by atomic mass is 16.5. The van der Waals surface area contributed by atoms with E-state index in [-0.39, 0.29) is 0 Å². The summed E-state index contributed by atoms with van der Waals surface area (Å²) in [6.07, 6.45) is 3.96. The molecule has 0 fully saturated rings. The van der Waals surface area contributed by atoms with Gasteiger partial charge >= 0.3 is 0 Å². The van der Waals surface area contributed by atoms with E-state index in [2.05, 4.69) is 11.9 Å². The van der Waals surface area contributed by atoms with Gasteiger partial charge in [-0.05, 0) is 18.6 Å². The number of anilines is 1. The van der Waals surface area contributed by atoms with Crippen molar-refractivity contribution in [1.82, 2.24) is 4.98 Å². The molecule has 0 aliphatic rings. The summed E-state index contributed by atoms with van der Waals surface area (Å²) in [7, 11) is 0. The molecule has 0 unspecified atom stereocenters. The molecule has 72 valence electrons. The first-order valence-electron chi connectivity index (χ1n) is 4.61. The first-order chi connectivity index (χ1) is 6.33. The summed E-state index contributed by atoms with van der Waals surface area (Å²) in [4.78, 5) is 4.13. The van der Waals surface area contributed by atoms with Crippen molar-refractivity contribution in [3.05, 3.63) is 24.0 Å². The van der Waals surface area contributed by atoms with Crippen LogP contribution in [0.15, 0.2) is 18.3 Å². The van der Waals surface area contributed by atoms with E-state index in [9.17, 15) is 0 Å². The van der Waals surface area contributed by atoms with E-state index in [0.717, 1.165) is 30.8 Å². The molecule has 1 aromatic heterocycles. The predicted octanol–water partition coefficient (Wildman–Crippen LogP) is 1.98. The Hall–Kier alpha value is -1.09. The van der Waals surface area contributed by atoms with Crippen molar-refractivity contribution >= 4 is 5.69 Å². The topological polar surface area (TPSA) is 48.1 Å². The van der Waals surface area contributed by atoms with Gasteiger partial charge in [0.25, 0.3) is 0 Å². The molecule has 0 spiro atoms. The van der Waals surface area contributed by atoms with Crippen molar-refractivity contribution in [2.24, 2.45) is 0 Å². The summed E-state index contributed by atoms with van der Waals surface area (Å²) in [6.45, 7) is 3.50. The van der Waals surface area contributed by atoms with Crippen LogP contribution in [0.1, 0.15) is 25.5 Å². The molecule has 3 heteroatoms. The normalized spacial score (nSPS) is 10.2. The maximum atomic E-state index is 5.59. The molecule has 2 N–H and O–H groups in total. The number of hydrogen-bond donors (Lipinski definition) is 1. The average Bonchev–Trinajstić information content (AvgIpc) is 2.13. The Balaban J connectivity index is 2.28. The van der Waals surface area contributed by atoms with E-state index in [1.807, 2.05) is 6.07 Å². The maximum absolute atomic E-state index is 5.59. The summed E-state index contributed by atoms with van der Waals surface area (Å²) >= 11 is 0. The molecule has 1 rings (SSSR count). The van der Waals surface area contributed by atoms with Gasteiger partial charge in [-0.2, -0.15) is 0 Å². The lowest BCUT2D eigenvalue weighted by atomic mass is 10.3. The van der Waals surface area contributed by atoms with Crippen LogP contribution in [0.4, 0.5) is 5.69 Å². The molecule has 0 saturated carbocycles. The van der Waals surface area contributed by atoms with E-state index < -0.39 is 0 Å². The zero-order valence-electron chi connectivity index (χ0n) is 7.99. The fourth-order valence-corrected chi connectivity index (χ4v) is 0.999. The summed E-state index contributed by atoms with van der Waals surface area (Å²) in [6, 6.07) is 3.61. The van der Waals surface area contributed by atoms with Crippen LogP contribution in [-0.2, 0) is 11.3 Å². The van der Waals surface area contributed by atoms with Crippen LogP contribution in [0.5, 0.6) is 0 Å². The molecule has 0 aliphatic carbocycles. The molecule has 0 saturated heterocycles. The van der Waals surface area contributed by atoms with Crippen molar-refractivity contribution in [2.45, 2.75) is 26.4 Å². The minimum Gasteiger partial charge on any atom is -0.399 e. The molecule has 0 amide bonds. The lowest BCUT2D eigenvalue weighted by molar-refractivity contribution is 0.115. The van der Waals surface area contributed by atoms with Crippen molar-refractivity contribution in [3.63, 3.8) is 0 Å². The number of hydrogen-bond acceptors (Lipinski definition) is 3. The number of ether oxygens (including phenoxy) is 1. The lowest BCUT2D eigenvalue weighted by Gasteiger charge is -2.02. The van der Waals surface area contributed by atoms with Crippen LogP contribution in [0.3, 0.4) is 0 Å². The Kier molecular flexibility index (Phi) is 4.26. The third kappa shape index (κ3) is 3.90. The highest BCUT2D eigenvalue weighted by molar-refractivity contribution is 5.36. The third-order valence-electron chi connectivity index (χ3n) is 1.73. The highest BCUT2D eigenvalue weighted by Gasteiger charge is 1.94. The van der Waals surface area contributed by atoms with Gasteiger partial charge in [0.1, 0.15) is 0 Å². The van der Waals surface area contributed by atoms with Gasteiger partial charge in [0, 0.05) is 18.5 Å². The number of rotatable bonds is 5. The summed E-state index contributed by atoms with van der Waals surface area (Å²) < 4.78 is 5.40. The second kappa shape index (κ2) is 5.54. The second-order valence-electron chi connectivity index (χ2n) is 2.99. The van der Waals surface area contributed by atoms with E-state index in [1.165, 1.54) is 0 Å². The zero-order chi connectivity index (χ0) is 9.52. The van der Waals surface area contributed by atoms with Crippen LogP contribution in [0, 0.1) is 0 Å². The number of unbranched alkanes of at least 4 members (excludes halogenated alkanes) is 1. The maximum Gasteiger partial charge on any atom is 0.0888 e. The summed E-state index contributed by atoms with van der Waals surface area (Å²) in [5, 5.41) is 0. The van der Waals surface area contributed by atoms with Crippen LogP contribution in [-0.4, -0.2) is 11.6 Å². The zero-order valence-corrected chi connectivity index (χ0v) is 7.99. The number of nitrogen functional groups attached to an aromatic ring is 1. The number of nitrogens with zero attached hydrogens (tertiary/aromatic N) is 1. The standard InChI is InChI=1S/C10H16N2O/c1-2-3-6-13-8-10-7-9(11)4-5-12-10/h4-5,7H,2-3,6,8H2,1H3,(H2,11,12). The summed E-state index contributed by atoms with van der Waals surface area (Å²) in [5.41, 5.74) is 7.23. The van der Waals surface area contributed by atoms with Crippen molar-refractivity contribution in [1.29, 1.82) is 0 Å². The van der Waals surface area contributed by atoms with Crippen LogP contribution < -0.4 is 5.73 Å². The Bertz CT molecular complexity index is 250. The molecule has 0 aromatic carbocycles. The highest BCUT2D eigenvalue weighted by Crippen LogP contribution is 2.04. The number of nitrogens with two attached hydrogens (primary N) is 1. The minimum atomic E-state index is 0.561. The molecule has 3 nitrogen and oxygen atoms in total. The molecule has 1 aromatic rings. The third-order valence-corrected chi connectivity index (χ3v) is 1.73. The van der Waals surface area contributed by atoms with Crippen LogP contribution in [0.25, 0.3) is 0 Å². The number of aromatic nitrogens is 1. The van der Waals surface area contributed by atoms with Gasteiger partial charge < -0.3 is 10.5 Å². The van der Waals surface area contributed by atoms with E-state index in [4.69, 9.17) is 10.5 Å². The predicted molar refractivity (Wildman–Crippen MR) is 53.2 cm³/mol. The van der Waals surface area contributed by atoms with Crippen molar-refractivity contribution in [3.8, 4) is 0 Å². The molecular formula is C10H16N2O. The Morgan fingerprint density at radius 3 is 3.08 bits per heavy atom. The van der Waals surface area contributed by atoms with Gasteiger partial charge in [-0.25, -0.2) is 0 Å². The molecule has 13 heavy (non-hydrogen) atoms. The van der Waals surface area contributed by atoms with Gasteiger partial charge in [-0.15, -0.1) is 0 Å². The van der Waals surface area contributed by atoms with Gasteiger partial charge in [-0.3, -0.25) is 4.98 Å². The van der Waals surface area contributed by atoms with Crippen LogP contribution >= 0.6 is 0 Å². The number of pyridine rings is 1. The Labute approximate surface area is 78.9 Å². The monoisotopic (exact) mass is 180 g/mol. The Morgan fingerprint density at radius 2 is 2.38 bits per heavy atom. The quantitative estimate of drug-likeness (QED) is 0.705. The summed E-state index contributed by atoms with van der Waals surface area (Å²) in [5.74, 6) is 0. The SMILES string of the molecule is CCCCOCc1cc(N)ccn1. The fourth-order valence-electron chi connectivity index (χ4n) is 0.999. The van der Waals surface area contributed by atoms with Gasteiger partial charge in [-0.1, -0.05) is 13.3 Å². The fraction of sp³-hybridized carbons (Fsp3) is 0.500. The molecular weight excluding hydrogens is 164 g/mol. The second-order valence-corrected chi connectivity index (χ2v) is 2.99. The van der Waals surface area contributed by atoms with Gasteiger partial charge in [0.05, 0.1) is 12.3 Å². The van der Waals surface area contributed by atoms with Crippen molar-refractivity contribution < 1.29 is 4.74 Å². The average molecular weight is 180 g/mol. The first-order valence-corrected chi connectivity index (χ1v) is 4.61. The lowest BCUT2D eigenvalue weighted by Crippen LogP contribution is -1.98. The molecule has 0 aliphatic heterocycles. The minimum absolute atomic E-state index is 0.561. The van der Waals surface area contributed by atoms with Gasteiger partial charge in [0.15, 0.2) is 0 Å². The van der Waals surface area contributed by atoms with E-state index in [1.54, 1.807) is 12.3 Å². The molecule has 1 heterocycles. The van der Waals surface area contributed by atoms with E-state index in [0.29, 0.717) is 6.61 Å². The Morgan fingerprint density at radius 1 is 1.54 bits per heavy atom.